The van der Waals surface area contributed by atoms with Gasteiger partial charge in [0.25, 0.3) is 0 Å². The van der Waals surface area contributed by atoms with E-state index >= 15 is 0 Å². The van der Waals surface area contributed by atoms with Crippen LogP contribution in [-0.2, 0) is 6.18 Å². The molecule has 0 aliphatic carbocycles. The molecule has 23 heavy (non-hydrogen) atoms. The lowest BCUT2D eigenvalue weighted by atomic mass is 10.1. The molecule has 3 aromatic rings. The highest BCUT2D eigenvalue weighted by molar-refractivity contribution is 5.66. The van der Waals surface area contributed by atoms with E-state index in [2.05, 4.69) is 15.1 Å². The molecule has 0 radical (unpaired) electrons. The van der Waals surface area contributed by atoms with Gasteiger partial charge in [0.05, 0.1) is 6.20 Å². The van der Waals surface area contributed by atoms with E-state index in [0.717, 1.165) is 28.5 Å². The van der Waals surface area contributed by atoms with Crippen LogP contribution in [0.25, 0.3) is 16.9 Å². The Balaban J connectivity index is 2.01. The van der Waals surface area contributed by atoms with Crippen molar-refractivity contribution in [3.63, 3.8) is 0 Å². The smallest absolute Gasteiger partial charge is 0.261 e. The highest BCUT2D eigenvalue weighted by atomic mass is 19.4. The van der Waals surface area contributed by atoms with E-state index in [1.807, 2.05) is 19.9 Å². The third-order valence-corrected chi connectivity index (χ3v) is 3.39. The average molecular weight is 318 g/mol. The largest absolute Gasteiger partial charge is 0.433 e. The average Bonchev–Trinajstić information content (AvgIpc) is 2.99. The minimum atomic E-state index is -4.48. The summed E-state index contributed by atoms with van der Waals surface area (Å²) in [6.07, 6.45) is 0.531. The number of hydrogen-bond acceptors (Lipinski definition) is 3. The monoisotopic (exact) mass is 318 g/mol. The van der Waals surface area contributed by atoms with Crippen molar-refractivity contribution < 1.29 is 13.2 Å². The molecule has 0 spiro atoms. The lowest BCUT2D eigenvalue weighted by molar-refractivity contribution is -0.141. The van der Waals surface area contributed by atoms with Gasteiger partial charge >= 0.3 is 6.18 Å². The van der Waals surface area contributed by atoms with Crippen molar-refractivity contribution in [2.24, 2.45) is 0 Å². The zero-order chi connectivity index (χ0) is 16.6. The van der Waals surface area contributed by atoms with Crippen LogP contribution in [0.1, 0.15) is 17.0 Å². The Morgan fingerprint density at radius 2 is 1.87 bits per heavy atom. The van der Waals surface area contributed by atoms with Gasteiger partial charge in [0, 0.05) is 23.7 Å². The van der Waals surface area contributed by atoms with Crippen LogP contribution in [0.3, 0.4) is 0 Å². The summed E-state index contributed by atoms with van der Waals surface area (Å²) in [5.74, 6) is 0.120. The Kier molecular flexibility index (Phi) is 3.63. The van der Waals surface area contributed by atoms with Gasteiger partial charge in [-0.1, -0.05) is 6.07 Å². The number of pyridine rings is 2. The number of alkyl halides is 3. The fourth-order valence-corrected chi connectivity index (χ4v) is 2.24. The quantitative estimate of drug-likeness (QED) is 0.718. The molecule has 4 nitrogen and oxygen atoms in total. The van der Waals surface area contributed by atoms with Gasteiger partial charge in [-0.3, -0.25) is 4.98 Å². The van der Waals surface area contributed by atoms with E-state index in [-0.39, 0.29) is 5.82 Å². The number of halogens is 3. The molecule has 118 valence electrons. The van der Waals surface area contributed by atoms with Crippen LogP contribution in [0.2, 0.25) is 0 Å². The topological polar surface area (TPSA) is 43.6 Å². The van der Waals surface area contributed by atoms with Gasteiger partial charge in [-0.05, 0) is 43.2 Å². The first-order valence-electron chi connectivity index (χ1n) is 6.87. The lowest BCUT2D eigenvalue weighted by Crippen LogP contribution is -2.10. The van der Waals surface area contributed by atoms with E-state index in [1.54, 1.807) is 18.6 Å². The third kappa shape index (κ3) is 3.08. The molecule has 0 amide bonds. The van der Waals surface area contributed by atoms with Gasteiger partial charge in [-0.2, -0.15) is 18.3 Å². The van der Waals surface area contributed by atoms with E-state index < -0.39 is 11.9 Å². The van der Waals surface area contributed by atoms with Gasteiger partial charge in [-0.25, -0.2) is 9.67 Å². The van der Waals surface area contributed by atoms with Crippen LogP contribution >= 0.6 is 0 Å². The summed E-state index contributed by atoms with van der Waals surface area (Å²) in [5, 5.41) is 4.12. The lowest BCUT2D eigenvalue weighted by Gasteiger charge is -2.07. The van der Waals surface area contributed by atoms with E-state index in [9.17, 15) is 13.2 Å². The molecule has 0 aliphatic heterocycles. The van der Waals surface area contributed by atoms with E-state index in [4.69, 9.17) is 0 Å². The molecular weight excluding hydrogens is 305 g/mol. The maximum atomic E-state index is 12.8. The number of hydrogen-bond donors (Lipinski definition) is 0. The van der Waals surface area contributed by atoms with Crippen LogP contribution in [0.5, 0.6) is 0 Å². The molecular formula is C16H13F3N4. The maximum Gasteiger partial charge on any atom is 0.433 e. The fourth-order valence-electron chi connectivity index (χ4n) is 2.24. The van der Waals surface area contributed by atoms with Gasteiger partial charge in [0.1, 0.15) is 5.69 Å². The summed E-state index contributed by atoms with van der Waals surface area (Å²) in [6.45, 7) is 3.80. The van der Waals surface area contributed by atoms with Gasteiger partial charge < -0.3 is 0 Å². The Bertz CT molecular complexity index is 853. The highest BCUT2D eigenvalue weighted by Gasteiger charge is 2.32. The molecule has 7 heteroatoms. The zero-order valence-electron chi connectivity index (χ0n) is 12.5. The number of rotatable bonds is 2. The minimum Gasteiger partial charge on any atom is -0.261 e. The van der Waals surface area contributed by atoms with Gasteiger partial charge in [0.15, 0.2) is 5.82 Å². The number of aryl methyl sites for hydroxylation is 2. The highest BCUT2D eigenvalue weighted by Crippen LogP contribution is 2.28. The van der Waals surface area contributed by atoms with Gasteiger partial charge in [0.2, 0.25) is 0 Å². The Hall–Kier alpha value is -2.70. The van der Waals surface area contributed by atoms with Crippen molar-refractivity contribution in [1.29, 1.82) is 0 Å². The Morgan fingerprint density at radius 1 is 1.09 bits per heavy atom. The first-order valence-corrected chi connectivity index (χ1v) is 6.87. The SMILES string of the molecule is Cc1cc(-c2cnn(-c3cccc(C(F)(F)F)n3)c2)c(C)cn1. The fraction of sp³-hybridized carbons (Fsp3) is 0.188. The molecule has 0 saturated carbocycles. The summed E-state index contributed by atoms with van der Waals surface area (Å²) in [5.41, 5.74) is 2.62. The molecule has 0 N–H and O–H groups in total. The maximum absolute atomic E-state index is 12.8. The molecule has 0 fully saturated rings. The van der Waals surface area contributed by atoms with Crippen molar-refractivity contribution in [2.45, 2.75) is 20.0 Å². The van der Waals surface area contributed by atoms with Crippen molar-refractivity contribution in [3.05, 3.63) is 59.8 Å². The molecule has 0 aliphatic rings. The van der Waals surface area contributed by atoms with Crippen molar-refractivity contribution >= 4 is 0 Å². The predicted molar refractivity (Wildman–Crippen MR) is 79.1 cm³/mol. The third-order valence-electron chi connectivity index (χ3n) is 3.39. The first-order chi connectivity index (χ1) is 10.8. The summed E-state index contributed by atoms with van der Waals surface area (Å²) >= 11 is 0. The van der Waals surface area contributed by atoms with Crippen LogP contribution in [-0.4, -0.2) is 19.7 Å². The van der Waals surface area contributed by atoms with Crippen molar-refractivity contribution in [1.82, 2.24) is 19.7 Å². The molecule has 0 unspecified atom stereocenters. The van der Waals surface area contributed by atoms with Crippen LogP contribution < -0.4 is 0 Å². The summed E-state index contributed by atoms with van der Waals surface area (Å²) < 4.78 is 39.6. The predicted octanol–water partition coefficient (Wildman–Crippen LogP) is 3.96. The normalized spacial score (nSPS) is 11.7. The number of aromatic nitrogens is 4. The molecule has 3 rings (SSSR count). The molecule has 3 heterocycles. The molecule has 3 aromatic heterocycles. The summed E-state index contributed by atoms with van der Waals surface area (Å²) in [4.78, 5) is 7.83. The summed E-state index contributed by atoms with van der Waals surface area (Å²) in [6, 6.07) is 5.64. The first kappa shape index (κ1) is 15.2. The minimum absolute atomic E-state index is 0.120. The van der Waals surface area contributed by atoms with Crippen LogP contribution in [0.4, 0.5) is 13.2 Å². The van der Waals surface area contributed by atoms with E-state index in [1.165, 1.54) is 16.8 Å². The molecule has 0 bridgehead atoms. The molecule has 0 saturated heterocycles. The number of nitrogens with zero attached hydrogens (tertiary/aromatic N) is 4. The van der Waals surface area contributed by atoms with Crippen LogP contribution in [0, 0.1) is 13.8 Å². The van der Waals surface area contributed by atoms with Crippen molar-refractivity contribution in [3.8, 4) is 16.9 Å². The van der Waals surface area contributed by atoms with Crippen LogP contribution in [0.15, 0.2) is 42.9 Å². The van der Waals surface area contributed by atoms with Crippen molar-refractivity contribution in [2.75, 3.05) is 0 Å². The molecule has 0 atom stereocenters. The zero-order valence-corrected chi connectivity index (χ0v) is 12.5. The second kappa shape index (κ2) is 5.49. The summed E-state index contributed by atoms with van der Waals surface area (Å²) in [7, 11) is 0. The Morgan fingerprint density at radius 3 is 2.61 bits per heavy atom. The second-order valence-electron chi connectivity index (χ2n) is 5.19. The second-order valence-corrected chi connectivity index (χ2v) is 5.19. The van der Waals surface area contributed by atoms with E-state index in [0.29, 0.717) is 0 Å². The Labute approximate surface area is 130 Å². The molecule has 0 aromatic carbocycles. The van der Waals surface area contributed by atoms with Gasteiger partial charge in [-0.15, -0.1) is 0 Å². The standard InChI is InChI=1S/C16H13F3N4/c1-10-7-20-11(2)6-13(10)12-8-21-23(9-12)15-5-3-4-14(22-15)16(17,18)19/h3-9H,1-2H3.